The normalized spacial score (nSPS) is 11.7. The van der Waals surface area contributed by atoms with Gasteiger partial charge < -0.3 is 15.2 Å². The fourth-order valence-corrected chi connectivity index (χ4v) is 2.20. The zero-order valence-electron chi connectivity index (χ0n) is 10.8. The van der Waals surface area contributed by atoms with E-state index in [0.29, 0.717) is 19.8 Å². The van der Waals surface area contributed by atoms with Crippen molar-refractivity contribution >= 4 is 10.0 Å². The van der Waals surface area contributed by atoms with Crippen LogP contribution in [-0.2, 0) is 26.0 Å². The van der Waals surface area contributed by atoms with E-state index in [-0.39, 0.29) is 18.2 Å². The van der Waals surface area contributed by atoms with Gasteiger partial charge in [0, 0.05) is 26.4 Å². The third kappa shape index (κ3) is 5.62. The number of hydrogen-bond donors (Lipinski definition) is 2. The second kappa shape index (κ2) is 8.18. The molecule has 7 nitrogen and oxygen atoms in total. The zero-order valence-corrected chi connectivity index (χ0v) is 11.6. The number of sulfonamides is 1. The molecule has 0 radical (unpaired) electrons. The Morgan fingerprint density at radius 1 is 1.32 bits per heavy atom. The first kappa shape index (κ1) is 16.0. The topological polar surface area (TPSA) is 104 Å². The number of rotatable bonds is 9. The zero-order chi connectivity index (χ0) is 14.1. The quantitative estimate of drug-likeness (QED) is 0.593. The Hall–Kier alpha value is -1.06. The van der Waals surface area contributed by atoms with Gasteiger partial charge in [0.1, 0.15) is 0 Å². The van der Waals surface area contributed by atoms with Gasteiger partial charge in [-0.1, -0.05) is 6.07 Å². The van der Waals surface area contributed by atoms with Gasteiger partial charge in [-0.15, -0.1) is 0 Å². The summed E-state index contributed by atoms with van der Waals surface area (Å²) in [6.45, 7) is 1.71. The predicted octanol–water partition coefficient (Wildman–Crippen LogP) is -0.518. The van der Waals surface area contributed by atoms with Gasteiger partial charge in [0.15, 0.2) is 5.03 Å². The van der Waals surface area contributed by atoms with Gasteiger partial charge in [-0.25, -0.2) is 18.1 Å². The van der Waals surface area contributed by atoms with Crippen LogP contribution in [0, 0.1) is 0 Å². The van der Waals surface area contributed by atoms with Crippen LogP contribution in [0.25, 0.3) is 0 Å². The van der Waals surface area contributed by atoms with E-state index in [2.05, 4.69) is 9.71 Å². The maximum absolute atomic E-state index is 11.8. The molecule has 0 spiro atoms. The van der Waals surface area contributed by atoms with Gasteiger partial charge >= 0.3 is 0 Å². The van der Waals surface area contributed by atoms with Gasteiger partial charge in [0.25, 0.3) is 10.0 Å². The molecule has 3 N–H and O–H groups in total. The number of ether oxygens (including phenoxy) is 2. The monoisotopic (exact) mass is 289 g/mol. The number of pyridine rings is 1. The average molecular weight is 289 g/mol. The third-order valence-corrected chi connectivity index (χ3v) is 3.66. The van der Waals surface area contributed by atoms with E-state index < -0.39 is 10.0 Å². The maximum atomic E-state index is 11.8. The Kier molecular flexibility index (Phi) is 6.89. The highest BCUT2D eigenvalue weighted by Crippen LogP contribution is 2.05. The minimum atomic E-state index is -3.59. The van der Waals surface area contributed by atoms with Crippen molar-refractivity contribution in [3.8, 4) is 0 Å². The number of nitrogens with zero attached hydrogens (tertiary/aromatic N) is 1. The first-order valence-electron chi connectivity index (χ1n) is 5.81. The molecule has 0 saturated heterocycles. The summed E-state index contributed by atoms with van der Waals surface area (Å²) in [4.78, 5) is 3.86. The van der Waals surface area contributed by atoms with Crippen LogP contribution in [0.3, 0.4) is 0 Å². The molecule has 0 aliphatic heterocycles. The molecule has 0 saturated carbocycles. The molecule has 0 bridgehead atoms. The van der Waals surface area contributed by atoms with Gasteiger partial charge in [0.2, 0.25) is 0 Å². The van der Waals surface area contributed by atoms with Crippen LogP contribution in [0.4, 0.5) is 0 Å². The van der Waals surface area contributed by atoms with Gasteiger partial charge in [-0.05, 0) is 11.6 Å². The average Bonchev–Trinajstić information content (AvgIpc) is 2.43. The van der Waals surface area contributed by atoms with Gasteiger partial charge in [-0.3, -0.25) is 0 Å². The largest absolute Gasteiger partial charge is 0.382 e. The van der Waals surface area contributed by atoms with Gasteiger partial charge in [0.05, 0.1) is 19.8 Å². The molecule has 1 rings (SSSR count). The second-order valence-corrected chi connectivity index (χ2v) is 5.43. The van der Waals surface area contributed by atoms with Crippen molar-refractivity contribution in [1.29, 1.82) is 0 Å². The second-order valence-electron chi connectivity index (χ2n) is 3.71. The molecular weight excluding hydrogens is 270 g/mol. The Morgan fingerprint density at radius 3 is 2.68 bits per heavy atom. The number of nitrogens with one attached hydrogen (secondary N) is 1. The van der Waals surface area contributed by atoms with E-state index in [1.54, 1.807) is 13.2 Å². The summed E-state index contributed by atoms with van der Waals surface area (Å²) in [5.41, 5.74) is 6.19. The minimum Gasteiger partial charge on any atom is -0.382 e. The molecule has 0 amide bonds. The van der Waals surface area contributed by atoms with E-state index >= 15 is 0 Å². The molecule has 108 valence electrons. The molecule has 1 heterocycles. The highest BCUT2D eigenvalue weighted by atomic mass is 32.2. The Balaban J connectivity index is 2.42. The van der Waals surface area contributed by atoms with Crippen molar-refractivity contribution in [2.45, 2.75) is 11.6 Å². The molecule has 1 aromatic heterocycles. The van der Waals surface area contributed by atoms with Crippen molar-refractivity contribution in [2.75, 3.05) is 33.5 Å². The van der Waals surface area contributed by atoms with Crippen LogP contribution in [0.15, 0.2) is 23.4 Å². The van der Waals surface area contributed by atoms with Crippen molar-refractivity contribution < 1.29 is 17.9 Å². The highest BCUT2D eigenvalue weighted by molar-refractivity contribution is 7.89. The van der Waals surface area contributed by atoms with E-state index in [4.69, 9.17) is 15.2 Å². The molecule has 0 atom stereocenters. The van der Waals surface area contributed by atoms with Crippen molar-refractivity contribution in [2.24, 2.45) is 5.73 Å². The summed E-state index contributed by atoms with van der Waals surface area (Å²) in [6, 6.07) is 3.06. The molecule has 8 heteroatoms. The predicted molar refractivity (Wildman–Crippen MR) is 70.0 cm³/mol. The lowest BCUT2D eigenvalue weighted by molar-refractivity contribution is 0.0736. The number of methoxy groups -OCH3 is 1. The van der Waals surface area contributed by atoms with Crippen molar-refractivity contribution in [3.05, 3.63) is 23.9 Å². The fraction of sp³-hybridized carbons (Fsp3) is 0.545. The van der Waals surface area contributed by atoms with Crippen LogP contribution in [0.5, 0.6) is 0 Å². The lowest BCUT2D eigenvalue weighted by atomic mass is 10.3. The van der Waals surface area contributed by atoms with Crippen LogP contribution in [0.2, 0.25) is 0 Å². The fourth-order valence-electron chi connectivity index (χ4n) is 1.26. The summed E-state index contributed by atoms with van der Waals surface area (Å²) in [5.74, 6) is 0. The van der Waals surface area contributed by atoms with Crippen molar-refractivity contribution in [1.82, 2.24) is 9.71 Å². The van der Waals surface area contributed by atoms with E-state index in [9.17, 15) is 8.42 Å². The van der Waals surface area contributed by atoms with Crippen LogP contribution < -0.4 is 10.5 Å². The Bertz CT molecular complexity index is 461. The number of nitrogens with two attached hydrogens (primary N) is 1. The molecule has 0 aromatic carbocycles. The molecule has 0 fully saturated rings. The lowest BCUT2D eigenvalue weighted by Gasteiger charge is -2.07. The summed E-state index contributed by atoms with van der Waals surface area (Å²) < 4.78 is 36.0. The van der Waals surface area contributed by atoms with Gasteiger partial charge in [-0.2, -0.15) is 0 Å². The summed E-state index contributed by atoms with van der Waals surface area (Å²) in [7, 11) is -2.02. The number of aromatic nitrogens is 1. The first-order valence-corrected chi connectivity index (χ1v) is 7.30. The smallest absolute Gasteiger partial charge is 0.258 e. The Morgan fingerprint density at radius 2 is 2.11 bits per heavy atom. The van der Waals surface area contributed by atoms with Crippen molar-refractivity contribution in [3.63, 3.8) is 0 Å². The molecule has 19 heavy (non-hydrogen) atoms. The molecule has 0 unspecified atom stereocenters. The van der Waals surface area contributed by atoms with Crippen LogP contribution in [-0.4, -0.2) is 46.9 Å². The number of hydrogen-bond acceptors (Lipinski definition) is 6. The van der Waals surface area contributed by atoms with Crippen LogP contribution >= 0.6 is 0 Å². The third-order valence-electron chi connectivity index (χ3n) is 2.28. The summed E-state index contributed by atoms with van der Waals surface area (Å²) >= 11 is 0. The molecular formula is C11H19N3O4S. The SMILES string of the molecule is COCCOCCNS(=O)(=O)c1ccc(CN)cn1. The maximum Gasteiger partial charge on any atom is 0.258 e. The molecule has 0 aliphatic rings. The van der Waals surface area contributed by atoms with Crippen LogP contribution in [0.1, 0.15) is 5.56 Å². The Labute approximate surface area is 113 Å². The summed E-state index contributed by atoms with van der Waals surface area (Å²) in [6.07, 6.45) is 1.45. The first-order chi connectivity index (χ1) is 9.10. The molecule has 0 aliphatic carbocycles. The molecule has 1 aromatic rings. The van der Waals surface area contributed by atoms with E-state index in [0.717, 1.165) is 5.56 Å². The van der Waals surface area contributed by atoms with E-state index in [1.165, 1.54) is 12.3 Å². The summed E-state index contributed by atoms with van der Waals surface area (Å²) in [5, 5.41) is -0.0263. The van der Waals surface area contributed by atoms with E-state index in [1.807, 2.05) is 0 Å². The standard InChI is InChI=1S/C11H19N3O4S/c1-17-6-7-18-5-4-14-19(15,16)11-3-2-10(8-12)9-13-11/h2-3,9,14H,4-8,12H2,1H3. The lowest BCUT2D eigenvalue weighted by Crippen LogP contribution is -2.28. The highest BCUT2D eigenvalue weighted by Gasteiger charge is 2.14. The minimum absolute atomic E-state index is 0.0263.